The van der Waals surface area contributed by atoms with Crippen molar-refractivity contribution in [2.24, 2.45) is 11.8 Å². The topological polar surface area (TPSA) is 61.4 Å². The first kappa shape index (κ1) is 11.9. The minimum atomic E-state index is -0.105. The number of aliphatic hydroxyl groups is 1. The van der Waals surface area contributed by atoms with Crippen molar-refractivity contribution in [2.45, 2.75) is 51.2 Å². The van der Waals surface area contributed by atoms with Crippen molar-refractivity contribution < 1.29 is 9.90 Å². The van der Waals surface area contributed by atoms with E-state index in [9.17, 15) is 9.90 Å². The lowest BCUT2D eigenvalue weighted by Gasteiger charge is -2.25. The quantitative estimate of drug-likeness (QED) is 0.644. The van der Waals surface area contributed by atoms with Crippen LogP contribution in [0.2, 0.25) is 0 Å². The molecule has 92 valence electrons. The Morgan fingerprint density at radius 3 is 2.69 bits per heavy atom. The molecule has 2 fully saturated rings. The smallest absolute Gasteiger partial charge is 0.225 e. The largest absolute Gasteiger partial charge is 0.394 e. The molecular formula is C12H22N2O2. The number of nitrogens with one attached hydrogen (secondary N) is 2. The molecule has 0 aromatic rings. The number of carbonyl (C=O) groups excluding carboxylic acids is 1. The Bertz CT molecular complexity index is 268. The van der Waals surface area contributed by atoms with Gasteiger partial charge in [0.05, 0.1) is 18.6 Å². The molecule has 0 aromatic carbocycles. The van der Waals surface area contributed by atoms with Crippen LogP contribution in [0.15, 0.2) is 0 Å². The van der Waals surface area contributed by atoms with Gasteiger partial charge in [-0.05, 0) is 25.2 Å². The third-order valence-corrected chi connectivity index (χ3v) is 3.97. The zero-order chi connectivity index (χ0) is 11.7. The molecule has 3 N–H and O–H groups in total. The maximum atomic E-state index is 12.0. The van der Waals surface area contributed by atoms with Crippen LogP contribution in [0.1, 0.15) is 33.1 Å². The van der Waals surface area contributed by atoms with Crippen molar-refractivity contribution >= 4 is 5.91 Å². The van der Waals surface area contributed by atoms with Crippen molar-refractivity contribution in [3.05, 3.63) is 0 Å². The molecule has 2 heterocycles. The molecule has 0 aromatic heterocycles. The van der Waals surface area contributed by atoms with E-state index in [0.717, 1.165) is 12.8 Å². The van der Waals surface area contributed by atoms with E-state index in [1.807, 2.05) is 13.8 Å². The van der Waals surface area contributed by atoms with Crippen LogP contribution in [0.4, 0.5) is 0 Å². The second-order valence-electron chi connectivity index (χ2n) is 5.43. The lowest BCUT2D eigenvalue weighted by atomic mass is 9.88. The van der Waals surface area contributed by atoms with E-state index in [-0.39, 0.29) is 30.4 Å². The van der Waals surface area contributed by atoms with E-state index >= 15 is 0 Å². The fourth-order valence-electron chi connectivity index (χ4n) is 2.83. The van der Waals surface area contributed by atoms with Crippen LogP contribution in [-0.2, 0) is 4.79 Å². The molecule has 2 saturated heterocycles. The SMILES string of the molecule is CC(C)C(CO)NC(=O)C1CC2CCC1N2. The van der Waals surface area contributed by atoms with Crippen molar-refractivity contribution in [3.63, 3.8) is 0 Å². The van der Waals surface area contributed by atoms with Gasteiger partial charge in [-0.1, -0.05) is 13.8 Å². The van der Waals surface area contributed by atoms with Crippen LogP contribution >= 0.6 is 0 Å². The molecular weight excluding hydrogens is 204 g/mol. The van der Waals surface area contributed by atoms with Gasteiger partial charge in [-0.25, -0.2) is 0 Å². The van der Waals surface area contributed by atoms with Gasteiger partial charge in [-0.15, -0.1) is 0 Å². The highest BCUT2D eigenvalue weighted by atomic mass is 16.3. The molecule has 2 bridgehead atoms. The lowest BCUT2D eigenvalue weighted by Crippen LogP contribution is -2.46. The Morgan fingerprint density at radius 1 is 1.50 bits per heavy atom. The van der Waals surface area contributed by atoms with Gasteiger partial charge in [0.25, 0.3) is 0 Å². The Kier molecular flexibility index (Phi) is 3.50. The van der Waals surface area contributed by atoms with Crippen LogP contribution in [0.5, 0.6) is 0 Å². The van der Waals surface area contributed by atoms with Crippen LogP contribution < -0.4 is 10.6 Å². The van der Waals surface area contributed by atoms with Gasteiger partial charge in [0.2, 0.25) is 5.91 Å². The normalized spacial score (nSPS) is 34.4. The molecule has 1 amide bonds. The van der Waals surface area contributed by atoms with E-state index in [1.54, 1.807) is 0 Å². The maximum Gasteiger partial charge on any atom is 0.225 e. The van der Waals surface area contributed by atoms with Crippen LogP contribution in [0.3, 0.4) is 0 Å². The maximum absolute atomic E-state index is 12.0. The fraction of sp³-hybridized carbons (Fsp3) is 0.917. The molecule has 4 atom stereocenters. The standard InChI is InChI=1S/C12H22N2O2/c1-7(2)11(6-15)14-12(16)9-5-8-3-4-10(9)13-8/h7-11,13,15H,3-6H2,1-2H3,(H,14,16). The molecule has 0 radical (unpaired) electrons. The van der Waals surface area contributed by atoms with E-state index < -0.39 is 0 Å². The highest BCUT2D eigenvalue weighted by Crippen LogP contribution is 2.33. The number of aliphatic hydroxyl groups excluding tert-OH is 1. The minimum Gasteiger partial charge on any atom is -0.394 e. The van der Waals surface area contributed by atoms with Gasteiger partial charge >= 0.3 is 0 Å². The van der Waals surface area contributed by atoms with Gasteiger partial charge < -0.3 is 15.7 Å². The number of carbonyl (C=O) groups is 1. The first-order valence-electron chi connectivity index (χ1n) is 6.29. The van der Waals surface area contributed by atoms with Gasteiger partial charge in [-0.2, -0.15) is 0 Å². The van der Waals surface area contributed by atoms with Gasteiger partial charge in [0, 0.05) is 12.1 Å². The third-order valence-electron chi connectivity index (χ3n) is 3.97. The summed E-state index contributed by atoms with van der Waals surface area (Å²) in [6.45, 7) is 4.05. The summed E-state index contributed by atoms with van der Waals surface area (Å²) in [5.41, 5.74) is 0. The van der Waals surface area contributed by atoms with E-state index in [4.69, 9.17) is 0 Å². The highest BCUT2D eigenvalue weighted by molar-refractivity contribution is 5.80. The Hall–Kier alpha value is -0.610. The zero-order valence-corrected chi connectivity index (χ0v) is 10.1. The summed E-state index contributed by atoms with van der Waals surface area (Å²) in [7, 11) is 0. The molecule has 0 saturated carbocycles. The molecule has 2 rings (SSSR count). The molecule has 2 aliphatic rings. The predicted octanol–water partition coefficient (Wildman–Crippen LogP) is 0.260. The summed E-state index contributed by atoms with van der Waals surface area (Å²) in [4.78, 5) is 12.0. The average molecular weight is 226 g/mol. The molecule has 2 aliphatic heterocycles. The van der Waals surface area contributed by atoms with E-state index in [2.05, 4.69) is 10.6 Å². The van der Waals surface area contributed by atoms with Crippen LogP contribution in [-0.4, -0.2) is 35.7 Å². The first-order chi connectivity index (χ1) is 7.61. The summed E-state index contributed by atoms with van der Waals surface area (Å²) in [6, 6.07) is 0.815. The molecule has 0 aliphatic carbocycles. The molecule has 16 heavy (non-hydrogen) atoms. The van der Waals surface area contributed by atoms with Crippen molar-refractivity contribution in [3.8, 4) is 0 Å². The second-order valence-corrected chi connectivity index (χ2v) is 5.43. The lowest BCUT2D eigenvalue weighted by molar-refractivity contribution is -0.127. The summed E-state index contributed by atoms with van der Waals surface area (Å²) in [6.07, 6.45) is 3.29. The van der Waals surface area contributed by atoms with E-state index in [0.29, 0.717) is 12.1 Å². The van der Waals surface area contributed by atoms with Crippen molar-refractivity contribution in [1.29, 1.82) is 0 Å². The number of hydrogen-bond acceptors (Lipinski definition) is 3. The zero-order valence-electron chi connectivity index (χ0n) is 10.1. The number of amides is 1. The van der Waals surface area contributed by atoms with Gasteiger partial charge in [0.15, 0.2) is 0 Å². The predicted molar refractivity (Wildman–Crippen MR) is 61.9 cm³/mol. The minimum absolute atomic E-state index is 0.0254. The Morgan fingerprint density at radius 2 is 2.25 bits per heavy atom. The summed E-state index contributed by atoms with van der Waals surface area (Å²) in [5.74, 6) is 0.513. The third kappa shape index (κ3) is 2.23. The monoisotopic (exact) mass is 226 g/mol. The number of hydrogen-bond donors (Lipinski definition) is 3. The molecule has 4 unspecified atom stereocenters. The Labute approximate surface area is 96.8 Å². The summed E-state index contributed by atoms with van der Waals surface area (Å²) < 4.78 is 0. The summed E-state index contributed by atoms with van der Waals surface area (Å²) in [5, 5.41) is 15.6. The fourth-order valence-corrected chi connectivity index (χ4v) is 2.83. The number of fused-ring (bicyclic) bond motifs is 2. The highest BCUT2D eigenvalue weighted by Gasteiger charge is 2.43. The molecule has 0 spiro atoms. The van der Waals surface area contributed by atoms with Crippen molar-refractivity contribution in [2.75, 3.05) is 6.61 Å². The second kappa shape index (κ2) is 4.72. The Balaban J connectivity index is 1.88. The van der Waals surface area contributed by atoms with E-state index in [1.165, 1.54) is 6.42 Å². The number of rotatable bonds is 4. The van der Waals surface area contributed by atoms with Gasteiger partial charge in [0.1, 0.15) is 0 Å². The van der Waals surface area contributed by atoms with Crippen molar-refractivity contribution in [1.82, 2.24) is 10.6 Å². The molecule has 4 nitrogen and oxygen atoms in total. The first-order valence-corrected chi connectivity index (χ1v) is 6.29. The molecule has 4 heteroatoms. The van der Waals surface area contributed by atoms with Gasteiger partial charge in [-0.3, -0.25) is 4.79 Å². The summed E-state index contributed by atoms with van der Waals surface area (Å²) >= 11 is 0. The average Bonchev–Trinajstić information content (AvgIpc) is 2.86. The van der Waals surface area contributed by atoms with Crippen LogP contribution in [0.25, 0.3) is 0 Å². The van der Waals surface area contributed by atoms with Crippen LogP contribution in [0, 0.1) is 11.8 Å².